The molecule has 0 bridgehead atoms. The van der Waals surface area contributed by atoms with E-state index in [9.17, 15) is 4.79 Å². The molecule has 3 rings (SSSR count). The van der Waals surface area contributed by atoms with Crippen LogP contribution in [0.2, 0.25) is 0 Å². The van der Waals surface area contributed by atoms with Crippen LogP contribution in [-0.4, -0.2) is 12.9 Å². The normalized spacial score (nSPS) is 15.3. The van der Waals surface area contributed by atoms with Crippen molar-refractivity contribution in [3.05, 3.63) is 77.6 Å². The number of ether oxygens (including phenoxy) is 2. The first-order valence-electron chi connectivity index (χ1n) is 6.62. The van der Waals surface area contributed by atoms with Gasteiger partial charge in [-0.25, -0.2) is 0 Å². The first kappa shape index (κ1) is 13.2. The SMILES string of the molecule is COc1ccc2c(c1)C(=O)/C(=C/C=C/c1ccccc1)O2. The van der Waals surface area contributed by atoms with Gasteiger partial charge >= 0.3 is 0 Å². The van der Waals surface area contributed by atoms with E-state index < -0.39 is 0 Å². The monoisotopic (exact) mass is 278 g/mol. The lowest BCUT2D eigenvalue weighted by atomic mass is 10.1. The number of rotatable bonds is 3. The number of carbonyl (C=O) groups excluding carboxylic acids is 1. The van der Waals surface area contributed by atoms with Crippen LogP contribution >= 0.6 is 0 Å². The summed E-state index contributed by atoms with van der Waals surface area (Å²) >= 11 is 0. The zero-order chi connectivity index (χ0) is 14.7. The number of Topliss-reactive ketones (excluding diaryl/α,β-unsaturated/α-hetero) is 1. The maximum Gasteiger partial charge on any atom is 0.232 e. The second-order valence-corrected chi connectivity index (χ2v) is 4.59. The van der Waals surface area contributed by atoms with Crippen LogP contribution in [0.15, 0.2) is 66.4 Å². The fourth-order valence-corrected chi connectivity index (χ4v) is 2.12. The highest BCUT2D eigenvalue weighted by molar-refractivity contribution is 6.12. The minimum atomic E-state index is -0.124. The van der Waals surface area contributed by atoms with Crippen molar-refractivity contribution in [2.75, 3.05) is 7.11 Å². The number of hydrogen-bond acceptors (Lipinski definition) is 3. The molecule has 0 fully saturated rings. The summed E-state index contributed by atoms with van der Waals surface area (Å²) in [5.41, 5.74) is 1.60. The van der Waals surface area contributed by atoms with Gasteiger partial charge in [0.2, 0.25) is 5.78 Å². The van der Waals surface area contributed by atoms with Crippen molar-refractivity contribution in [1.29, 1.82) is 0 Å². The van der Waals surface area contributed by atoms with Crippen molar-refractivity contribution in [2.45, 2.75) is 0 Å². The number of carbonyl (C=O) groups is 1. The van der Waals surface area contributed by atoms with Gasteiger partial charge < -0.3 is 9.47 Å². The van der Waals surface area contributed by atoms with Gasteiger partial charge in [-0.05, 0) is 29.8 Å². The smallest absolute Gasteiger partial charge is 0.232 e. The fraction of sp³-hybridized carbons (Fsp3) is 0.0556. The van der Waals surface area contributed by atoms with Gasteiger partial charge in [0.25, 0.3) is 0 Å². The summed E-state index contributed by atoms with van der Waals surface area (Å²) in [6, 6.07) is 15.1. The summed E-state index contributed by atoms with van der Waals surface area (Å²) in [5.74, 6) is 1.42. The van der Waals surface area contributed by atoms with Crippen LogP contribution in [0.1, 0.15) is 15.9 Å². The quantitative estimate of drug-likeness (QED) is 0.800. The molecule has 104 valence electrons. The lowest BCUT2D eigenvalue weighted by Crippen LogP contribution is -1.97. The molecule has 0 amide bonds. The summed E-state index contributed by atoms with van der Waals surface area (Å²) in [7, 11) is 1.57. The molecule has 1 aliphatic rings. The third-order valence-electron chi connectivity index (χ3n) is 3.21. The number of ketones is 1. The van der Waals surface area contributed by atoms with Gasteiger partial charge in [-0.1, -0.05) is 42.5 Å². The maximum atomic E-state index is 12.2. The number of hydrogen-bond donors (Lipinski definition) is 0. The Hall–Kier alpha value is -2.81. The molecule has 0 saturated carbocycles. The molecule has 0 radical (unpaired) electrons. The summed E-state index contributed by atoms with van der Waals surface area (Å²) in [5, 5.41) is 0. The van der Waals surface area contributed by atoms with Gasteiger partial charge in [-0.2, -0.15) is 0 Å². The van der Waals surface area contributed by atoms with E-state index in [2.05, 4.69) is 0 Å². The van der Waals surface area contributed by atoms with Crippen LogP contribution in [0.4, 0.5) is 0 Å². The van der Waals surface area contributed by atoms with E-state index in [1.54, 1.807) is 31.4 Å². The third kappa shape index (κ3) is 2.72. The van der Waals surface area contributed by atoms with Gasteiger partial charge in [-0.3, -0.25) is 4.79 Å². The first-order valence-corrected chi connectivity index (χ1v) is 6.62. The van der Waals surface area contributed by atoms with Crippen LogP contribution in [0.25, 0.3) is 6.08 Å². The Kier molecular flexibility index (Phi) is 3.56. The molecule has 21 heavy (non-hydrogen) atoms. The minimum absolute atomic E-state index is 0.124. The largest absolute Gasteiger partial charge is 0.497 e. The molecule has 2 aromatic rings. The summed E-state index contributed by atoms with van der Waals surface area (Å²) in [4.78, 5) is 12.2. The van der Waals surface area contributed by atoms with Gasteiger partial charge in [0.1, 0.15) is 11.5 Å². The standard InChI is InChI=1S/C18H14O3/c1-20-14-10-11-16-15(12-14)18(19)17(21-16)9-5-8-13-6-3-2-4-7-13/h2-12H,1H3/b8-5+,17-9-. The highest BCUT2D eigenvalue weighted by Crippen LogP contribution is 2.33. The van der Waals surface area contributed by atoms with Crippen molar-refractivity contribution < 1.29 is 14.3 Å². The average molecular weight is 278 g/mol. The molecule has 3 nitrogen and oxygen atoms in total. The highest BCUT2D eigenvalue weighted by atomic mass is 16.5. The molecule has 3 heteroatoms. The first-order chi connectivity index (χ1) is 10.3. The Morgan fingerprint density at radius 3 is 2.67 bits per heavy atom. The van der Waals surface area contributed by atoms with Crippen molar-refractivity contribution in [1.82, 2.24) is 0 Å². The molecule has 0 N–H and O–H groups in total. The number of fused-ring (bicyclic) bond motifs is 1. The fourth-order valence-electron chi connectivity index (χ4n) is 2.12. The zero-order valence-corrected chi connectivity index (χ0v) is 11.6. The predicted molar refractivity (Wildman–Crippen MR) is 81.5 cm³/mol. The number of methoxy groups -OCH3 is 1. The minimum Gasteiger partial charge on any atom is -0.497 e. The molecule has 2 aromatic carbocycles. The summed E-state index contributed by atoms with van der Waals surface area (Å²) in [6.07, 6.45) is 5.42. The van der Waals surface area contributed by atoms with Crippen molar-refractivity contribution in [3.63, 3.8) is 0 Å². The lowest BCUT2D eigenvalue weighted by molar-refractivity contribution is 0.101. The molecule has 0 saturated heterocycles. The van der Waals surface area contributed by atoms with Gasteiger partial charge in [0.15, 0.2) is 5.76 Å². The average Bonchev–Trinajstić information content (AvgIpc) is 2.84. The third-order valence-corrected chi connectivity index (χ3v) is 3.21. The highest BCUT2D eigenvalue weighted by Gasteiger charge is 2.27. The predicted octanol–water partition coefficient (Wildman–Crippen LogP) is 3.87. The van der Waals surface area contributed by atoms with Crippen LogP contribution in [0.3, 0.4) is 0 Å². The van der Waals surface area contributed by atoms with Crippen molar-refractivity contribution >= 4 is 11.9 Å². The summed E-state index contributed by atoms with van der Waals surface area (Å²) < 4.78 is 10.7. The van der Waals surface area contributed by atoms with E-state index in [-0.39, 0.29) is 5.78 Å². The van der Waals surface area contributed by atoms with Crippen LogP contribution in [-0.2, 0) is 0 Å². The second-order valence-electron chi connectivity index (χ2n) is 4.59. The van der Waals surface area contributed by atoms with Gasteiger partial charge in [-0.15, -0.1) is 0 Å². The van der Waals surface area contributed by atoms with E-state index in [0.717, 1.165) is 5.56 Å². The Balaban J connectivity index is 1.81. The molecule has 0 aromatic heterocycles. The van der Waals surface area contributed by atoms with Gasteiger partial charge in [0.05, 0.1) is 12.7 Å². The maximum absolute atomic E-state index is 12.2. The lowest BCUT2D eigenvalue weighted by Gasteiger charge is -2.00. The molecular formula is C18H14O3. The number of allylic oxidation sites excluding steroid dienone is 3. The van der Waals surface area contributed by atoms with E-state index in [0.29, 0.717) is 22.8 Å². The number of benzene rings is 2. The summed E-state index contributed by atoms with van der Waals surface area (Å²) in [6.45, 7) is 0. The van der Waals surface area contributed by atoms with Gasteiger partial charge in [0, 0.05) is 0 Å². The second kappa shape index (κ2) is 5.67. The van der Waals surface area contributed by atoms with E-state index >= 15 is 0 Å². The molecule has 0 atom stereocenters. The van der Waals surface area contributed by atoms with Crippen LogP contribution in [0, 0.1) is 0 Å². The van der Waals surface area contributed by atoms with E-state index in [1.165, 1.54) is 0 Å². The zero-order valence-electron chi connectivity index (χ0n) is 11.6. The van der Waals surface area contributed by atoms with E-state index in [4.69, 9.17) is 9.47 Å². The van der Waals surface area contributed by atoms with Crippen LogP contribution < -0.4 is 9.47 Å². The molecule has 0 spiro atoms. The van der Waals surface area contributed by atoms with Crippen molar-refractivity contribution in [2.24, 2.45) is 0 Å². The Morgan fingerprint density at radius 2 is 1.90 bits per heavy atom. The van der Waals surface area contributed by atoms with Crippen LogP contribution in [0.5, 0.6) is 11.5 Å². The Labute approximate surface area is 123 Å². The Bertz CT molecular complexity index is 727. The topological polar surface area (TPSA) is 35.5 Å². The van der Waals surface area contributed by atoms with E-state index in [1.807, 2.05) is 42.5 Å². The molecule has 1 aliphatic heterocycles. The Morgan fingerprint density at radius 1 is 1.10 bits per heavy atom. The molecule has 0 unspecified atom stereocenters. The molecular weight excluding hydrogens is 264 g/mol. The molecule has 1 heterocycles. The van der Waals surface area contributed by atoms with Crippen molar-refractivity contribution in [3.8, 4) is 11.5 Å². The molecule has 0 aliphatic carbocycles.